The number of rotatable bonds is 24. The number of hydrogen-bond donors (Lipinski definition) is 3. The number of ether oxygens (including phenoxy) is 4. The zero-order valence-corrected chi connectivity index (χ0v) is 40.5. The van der Waals surface area contributed by atoms with Crippen molar-refractivity contribution in [3.05, 3.63) is 101 Å². The third-order valence-corrected chi connectivity index (χ3v) is 14.3. The zero-order chi connectivity index (χ0) is 48.5. The average Bonchev–Trinajstić information content (AvgIpc) is 4.10. The van der Waals surface area contributed by atoms with E-state index in [9.17, 15) is 23.6 Å². The highest BCUT2D eigenvalue weighted by Gasteiger charge is 2.43. The number of carbonyl (C=O) groups excluding carboxylic acids is 4. The normalized spacial score (nSPS) is 17.9. The highest BCUT2D eigenvalue weighted by Crippen LogP contribution is 2.38. The van der Waals surface area contributed by atoms with E-state index in [1.165, 1.54) is 17.4 Å². The van der Waals surface area contributed by atoms with E-state index >= 15 is 4.39 Å². The molecule has 3 aromatic carbocycles. The fraction of sp³-hybridized carbons (Fsp3) is 0.519. The van der Waals surface area contributed by atoms with Gasteiger partial charge in [-0.2, -0.15) is 4.39 Å². The van der Waals surface area contributed by atoms with Crippen molar-refractivity contribution in [1.29, 1.82) is 0 Å². The van der Waals surface area contributed by atoms with Crippen LogP contribution in [0.2, 0.25) is 0 Å². The SMILES string of the molecule is CN[C@@H](C)C(=O)C[C@H](C(=O)N1CCC[C@H]1C(=O)N[C@H](C(=O)NCCOCCOCCOc1c(-c2csc(N3CCOCC3)n2)ccc(F)c1F)C(c1ccccc1)c1ccccc1)C1CCCCC1. The molecular formula is C52H66F2N6O8S. The average molecular weight is 973 g/mol. The fourth-order valence-electron chi connectivity index (χ4n) is 9.55. The minimum absolute atomic E-state index is 0.0196. The maximum Gasteiger partial charge on any atom is 0.243 e. The van der Waals surface area contributed by atoms with E-state index in [1.54, 1.807) is 24.3 Å². The van der Waals surface area contributed by atoms with Crippen molar-refractivity contribution >= 4 is 40.0 Å². The summed E-state index contributed by atoms with van der Waals surface area (Å²) < 4.78 is 51.9. The molecule has 1 saturated carbocycles. The first-order valence-corrected chi connectivity index (χ1v) is 25.3. The molecule has 3 N–H and O–H groups in total. The number of likely N-dealkylation sites (tertiary alicyclic amines) is 1. The number of ketones is 1. The van der Waals surface area contributed by atoms with Crippen LogP contribution in [0.15, 0.2) is 78.2 Å². The molecule has 3 heterocycles. The lowest BCUT2D eigenvalue weighted by Gasteiger charge is -2.35. The Morgan fingerprint density at radius 1 is 0.826 bits per heavy atom. The monoisotopic (exact) mass is 972 g/mol. The number of aromatic nitrogens is 1. The summed E-state index contributed by atoms with van der Waals surface area (Å²) in [5, 5.41) is 11.7. The molecule has 4 atom stereocenters. The quantitative estimate of drug-likeness (QED) is 0.0656. The highest BCUT2D eigenvalue weighted by molar-refractivity contribution is 7.14. The van der Waals surface area contributed by atoms with Crippen LogP contribution in [0.4, 0.5) is 13.9 Å². The number of hydrogen-bond acceptors (Lipinski definition) is 12. The summed E-state index contributed by atoms with van der Waals surface area (Å²) in [4.78, 5) is 65.1. The Balaban J connectivity index is 0.941. The topological polar surface area (TPSA) is 161 Å². The number of morpholine rings is 1. The molecule has 2 aliphatic heterocycles. The van der Waals surface area contributed by atoms with Gasteiger partial charge in [0, 0.05) is 55.4 Å². The van der Waals surface area contributed by atoms with Crippen molar-refractivity contribution < 1.29 is 46.9 Å². The number of thiazole rings is 1. The van der Waals surface area contributed by atoms with Gasteiger partial charge in [0.1, 0.15) is 24.5 Å². The van der Waals surface area contributed by atoms with Crippen molar-refractivity contribution in [3.63, 3.8) is 0 Å². The number of halogens is 2. The number of carbonyl (C=O) groups is 4. The summed E-state index contributed by atoms with van der Waals surface area (Å²) in [7, 11) is 1.73. The van der Waals surface area contributed by atoms with Crippen LogP contribution >= 0.6 is 11.3 Å². The van der Waals surface area contributed by atoms with E-state index in [0.717, 1.165) is 54.4 Å². The second kappa shape index (κ2) is 26.0. The van der Waals surface area contributed by atoms with E-state index in [1.807, 2.05) is 60.7 Å². The smallest absolute Gasteiger partial charge is 0.243 e. The van der Waals surface area contributed by atoms with Crippen LogP contribution in [0.25, 0.3) is 11.3 Å². The van der Waals surface area contributed by atoms with Gasteiger partial charge in [-0.05, 0) is 68.8 Å². The second-order valence-corrected chi connectivity index (χ2v) is 18.7. The van der Waals surface area contributed by atoms with Crippen molar-refractivity contribution in [2.75, 3.05) is 84.4 Å². The maximum atomic E-state index is 15.0. The lowest BCUT2D eigenvalue weighted by Crippen LogP contribution is -2.56. The van der Waals surface area contributed by atoms with Gasteiger partial charge in [-0.25, -0.2) is 9.37 Å². The lowest BCUT2D eigenvalue weighted by atomic mass is 9.76. The van der Waals surface area contributed by atoms with E-state index in [-0.39, 0.29) is 75.4 Å². The summed E-state index contributed by atoms with van der Waals surface area (Å²) >= 11 is 1.42. The molecule has 7 rings (SSSR count). The Morgan fingerprint density at radius 2 is 1.49 bits per heavy atom. The minimum atomic E-state index is -1.10. The number of benzene rings is 3. The summed E-state index contributed by atoms with van der Waals surface area (Å²) in [6.45, 7) is 5.45. The Kier molecular flexibility index (Phi) is 19.4. The van der Waals surface area contributed by atoms with Gasteiger partial charge in [-0.1, -0.05) is 79.9 Å². The molecule has 0 unspecified atom stereocenters. The number of Topliss-reactive ketones (excluding diaryl/α,β-unsaturated/α-hetero) is 1. The summed E-state index contributed by atoms with van der Waals surface area (Å²) in [5.41, 5.74) is 2.48. The molecule has 0 spiro atoms. The fourth-order valence-corrected chi connectivity index (χ4v) is 10.4. The first kappa shape index (κ1) is 51.5. The first-order chi connectivity index (χ1) is 33.6. The third-order valence-electron chi connectivity index (χ3n) is 13.4. The number of amides is 3. The van der Waals surface area contributed by atoms with Crippen LogP contribution in [-0.4, -0.2) is 131 Å². The number of nitrogens with one attached hydrogen (secondary N) is 3. The molecule has 3 amide bonds. The van der Waals surface area contributed by atoms with Crippen LogP contribution in [-0.2, 0) is 33.4 Å². The Morgan fingerprint density at radius 3 is 2.17 bits per heavy atom. The largest absolute Gasteiger partial charge is 0.487 e. The summed E-state index contributed by atoms with van der Waals surface area (Å²) in [5.74, 6) is -4.38. The van der Waals surface area contributed by atoms with Crippen molar-refractivity contribution in [3.8, 4) is 17.0 Å². The van der Waals surface area contributed by atoms with E-state index in [4.69, 9.17) is 18.9 Å². The van der Waals surface area contributed by atoms with Gasteiger partial charge in [0.2, 0.25) is 23.5 Å². The molecule has 2 saturated heterocycles. The molecule has 1 aromatic heterocycles. The molecule has 372 valence electrons. The molecular weight excluding hydrogens is 907 g/mol. The number of likely N-dealkylation sites (N-methyl/N-ethyl adjacent to an activating group) is 1. The van der Waals surface area contributed by atoms with Crippen LogP contribution in [0.3, 0.4) is 0 Å². The van der Waals surface area contributed by atoms with E-state index < -0.39 is 47.4 Å². The Labute approximate surface area is 407 Å². The van der Waals surface area contributed by atoms with Crippen molar-refractivity contribution in [2.45, 2.75) is 82.3 Å². The summed E-state index contributed by atoms with van der Waals surface area (Å²) in [6, 6.07) is 19.4. The standard InChI is InChI=1S/C52H66F2N6O8S/c1-35(55-2)44(61)33-40(36-13-6-3-7-14-36)51(64)60-23-12-19-43(60)49(62)58-47(45(37-15-8-4-9-16-37)38-17-10-5-11-18-38)50(63)56-22-26-65-29-30-67-31-32-68-48-39(20-21-41(53)46(48)54)42-34-69-52(57-42)59-24-27-66-28-25-59/h4-5,8-11,15-18,20-21,34-36,40,43,45,47,55H,3,6-7,12-14,19,22-33H2,1-2H3,(H,56,63)(H,58,62)/t35-,40-,43-,47-/m0/s1. The minimum Gasteiger partial charge on any atom is -0.487 e. The third kappa shape index (κ3) is 13.7. The van der Waals surface area contributed by atoms with Crippen LogP contribution in [0.5, 0.6) is 5.75 Å². The Hall–Kier alpha value is -5.33. The molecule has 4 aromatic rings. The van der Waals surface area contributed by atoms with E-state index in [2.05, 4.69) is 25.8 Å². The van der Waals surface area contributed by atoms with Gasteiger partial charge >= 0.3 is 0 Å². The Bertz CT molecular complexity index is 2240. The van der Waals surface area contributed by atoms with Crippen molar-refractivity contribution in [2.24, 2.45) is 11.8 Å². The van der Waals surface area contributed by atoms with E-state index in [0.29, 0.717) is 56.9 Å². The molecule has 3 aliphatic rings. The van der Waals surface area contributed by atoms with Crippen LogP contribution < -0.4 is 25.6 Å². The number of nitrogens with zero attached hydrogens (tertiary/aromatic N) is 3. The molecule has 0 radical (unpaired) electrons. The highest BCUT2D eigenvalue weighted by atomic mass is 32.1. The molecule has 1 aliphatic carbocycles. The molecule has 3 fully saturated rings. The van der Waals surface area contributed by atoms with Gasteiger partial charge in [-0.3, -0.25) is 19.2 Å². The lowest BCUT2D eigenvalue weighted by molar-refractivity contribution is -0.145. The molecule has 17 heteroatoms. The molecule has 14 nitrogen and oxygen atoms in total. The maximum absolute atomic E-state index is 15.0. The predicted molar refractivity (Wildman–Crippen MR) is 260 cm³/mol. The first-order valence-electron chi connectivity index (χ1n) is 24.4. The molecule has 0 bridgehead atoms. The van der Waals surface area contributed by atoms with Gasteiger partial charge < -0.3 is 44.7 Å². The zero-order valence-electron chi connectivity index (χ0n) is 39.7. The second-order valence-electron chi connectivity index (χ2n) is 17.9. The van der Waals surface area contributed by atoms with Gasteiger partial charge in [0.15, 0.2) is 16.7 Å². The van der Waals surface area contributed by atoms with Crippen LogP contribution in [0.1, 0.15) is 75.3 Å². The van der Waals surface area contributed by atoms with Gasteiger partial charge in [-0.15, -0.1) is 11.3 Å². The van der Waals surface area contributed by atoms with Crippen LogP contribution in [0, 0.1) is 23.5 Å². The summed E-state index contributed by atoms with van der Waals surface area (Å²) in [6.07, 6.45) is 6.07. The predicted octanol–water partition coefficient (Wildman–Crippen LogP) is 6.52. The molecule has 69 heavy (non-hydrogen) atoms. The van der Waals surface area contributed by atoms with Gasteiger partial charge in [0.05, 0.1) is 51.4 Å². The van der Waals surface area contributed by atoms with Crippen molar-refractivity contribution in [1.82, 2.24) is 25.8 Å². The van der Waals surface area contributed by atoms with Gasteiger partial charge in [0.25, 0.3) is 0 Å². The number of anilines is 1.